The molecule has 0 unspecified atom stereocenters. The van der Waals surface area contributed by atoms with Gasteiger partial charge in [0.25, 0.3) is 0 Å². The van der Waals surface area contributed by atoms with E-state index in [2.05, 4.69) is 57.3 Å². The fourth-order valence-electron chi connectivity index (χ4n) is 4.42. The summed E-state index contributed by atoms with van der Waals surface area (Å²) >= 11 is 0. The Bertz CT molecular complexity index is 641. The number of hydrogen-bond acceptors (Lipinski definition) is 5. The van der Waals surface area contributed by atoms with Crippen molar-refractivity contribution in [1.82, 2.24) is 20.0 Å². The predicted octanol–water partition coefficient (Wildman–Crippen LogP) is 2.29. The molecule has 0 spiro atoms. The molecule has 0 aromatic heterocycles. The van der Waals surface area contributed by atoms with Crippen LogP contribution >= 0.6 is 0 Å². The van der Waals surface area contributed by atoms with Crippen molar-refractivity contribution in [2.24, 2.45) is 4.99 Å². The monoisotopic (exact) mass is 445 g/mol. The van der Waals surface area contributed by atoms with E-state index in [1.807, 2.05) is 0 Å². The van der Waals surface area contributed by atoms with Crippen LogP contribution in [0.2, 0.25) is 0 Å². The Hall–Kier alpha value is -1.67. The first-order valence-corrected chi connectivity index (χ1v) is 12.4. The second-order valence-electron chi connectivity index (χ2n) is 8.74. The lowest BCUT2D eigenvalue weighted by Crippen LogP contribution is -2.48. The molecule has 0 aliphatic carbocycles. The number of nitrogens with zero attached hydrogens (tertiary/aromatic N) is 4. The average molecular weight is 446 g/mol. The van der Waals surface area contributed by atoms with Gasteiger partial charge in [-0.25, -0.2) is 0 Å². The molecule has 2 saturated heterocycles. The van der Waals surface area contributed by atoms with Crippen molar-refractivity contribution in [3.8, 4) is 0 Å². The maximum absolute atomic E-state index is 6.00. The smallest absolute Gasteiger partial charge is 0.193 e. The lowest BCUT2D eigenvalue weighted by molar-refractivity contribution is 0.00989. The first kappa shape index (κ1) is 25.0. The Morgan fingerprint density at radius 1 is 1.00 bits per heavy atom. The highest BCUT2D eigenvalue weighted by Crippen LogP contribution is 2.14. The molecule has 1 aromatic carbocycles. The zero-order chi connectivity index (χ0) is 22.4. The lowest BCUT2D eigenvalue weighted by atomic mass is 10.1. The number of ether oxygens (including phenoxy) is 2. The molecular weight excluding hydrogens is 402 g/mol. The van der Waals surface area contributed by atoms with Crippen LogP contribution in [0.1, 0.15) is 31.7 Å². The van der Waals surface area contributed by atoms with Gasteiger partial charge >= 0.3 is 0 Å². The number of piperazine rings is 1. The molecule has 1 N–H and O–H groups in total. The molecule has 0 amide bonds. The fraction of sp³-hybridized carbons (Fsp3) is 0.720. The third-order valence-electron chi connectivity index (χ3n) is 6.31. The van der Waals surface area contributed by atoms with Crippen molar-refractivity contribution in [1.29, 1.82) is 0 Å². The van der Waals surface area contributed by atoms with E-state index in [9.17, 15) is 0 Å². The molecule has 180 valence electrons. The normalized spacial score (nSPS) is 19.4. The van der Waals surface area contributed by atoms with Crippen LogP contribution in [0.3, 0.4) is 0 Å². The Morgan fingerprint density at radius 3 is 2.41 bits per heavy atom. The van der Waals surface area contributed by atoms with Crippen LogP contribution in [0, 0.1) is 0 Å². The fourth-order valence-corrected chi connectivity index (χ4v) is 4.42. The Morgan fingerprint density at radius 2 is 1.72 bits per heavy atom. The molecule has 0 atom stereocenters. The van der Waals surface area contributed by atoms with Gasteiger partial charge in [0.05, 0.1) is 12.6 Å². The van der Waals surface area contributed by atoms with Gasteiger partial charge in [-0.05, 0) is 31.7 Å². The zero-order valence-electron chi connectivity index (χ0n) is 20.2. The summed E-state index contributed by atoms with van der Waals surface area (Å²) in [6.45, 7) is 14.1. The summed E-state index contributed by atoms with van der Waals surface area (Å²) < 4.78 is 11.1. The minimum absolute atomic E-state index is 0.373. The van der Waals surface area contributed by atoms with E-state index in [0.717, 1.165) is 104 Å². The SMILES string of the molecule is CCNC(=NCCN1CCN(Cc2ccccc2)CC1)N1CCC(OCCCOC)CC1. The highest BCUT2D eigenvalue weighted by molar-refractivity contribution is 5.80. The van der Waals surface area contributed by atoms with Crippen molar-refractivity contribution < 1.29 is 9.47 Å². The van der Waals surface area contributed by atoms with E-state index in [0.29, 0.717) is 6.10 Å². The van der Waals surface area contributed by atoms with E-state index in [1.165, 1.54) is 5.56 Å². The zero-order valence-corrected chi connectivity index (χ0v) is 20.2. The van der Waals surface area contributed by atoms with Gasteiger partial charge in [-0.15, -0.1) is 0 Å². The molecule has 0 bridgehead atoms. The second kappa shape index (κ2) is 14.5. The quantitative estimate of drug-likeness (QED) is 0.320. The van der Waals surface area contributed by atoms with Crippen molar-refractivity contribution in [2.75, 3.05) is 79.2 Å². The highest BCUT2D eigenvalue weighted by atomic mass is 16.5. The molecule has 2 aliphatic heterocycles. The van der Waals surface area contributed by atoms with Gasteiger partial charge in [0.15, 0.2) is 5.96 Å². The summed E-state index contributed by atoms with van der Waals surface area (Å²) in [6, 6.07) is 10.8. The largest absolute Gasteiger partial charge is 0.385 e. The number of likely N-dealkylation sites (tertiary alicyclic amines) is 1. The number of benzene rings is 1. The van der Waals surface area contributed by atoms with Gasteiger partial charge in [-0.2, -0.15) is 0 Å². The van der Waals surface area contributed by atoms with E-state index < -0.39 is 0 Å². The van der Waals surface area contributed by atoms with Gasteiger partial charge in [0.1, 0.15) is 0 Å². The summed E-state index contributed by atoms with van der Waals surface area (Å²) in [5.41, 5.74) is 1.41. The highest BCUT2D eigenvalue weighted by Gasteiger charge is 2.22. The predicted molar refractivity (Wildman–Crippen MR) is 131 cm³/mol. The number of nitrogens with one attached hydrogen (secondary N) is 1. The Kier molecular flexibility index (Phi) is 11.3. The average Bonchev–Trinajstić information content (AvgIpc) is 2.83. The van der Waals surface area contributed by atoms with E-state index in [4.69, 9.17) is 14.5 Å². The molecule has 2 aliphatic rings. The van der Waals surface area contributed by atoms with Gasteiger partial charge in [-0.3, -0.25) is 14.8 Å². The van der Waals surface area contributed by atoms with Crippen molar-refractivity contribution in [3.05, 3.63) is 35.9 Å². The standard InChI is InChI=1S/C25H43N5O2/c1-3-26-25(30-13-10-24(11-14-30)32-21-7-20-31-2)27-12-15-28-16-18-29(19-17-28)22-23-8-5-4-6-9-23/h4-6,8-9,24H,3,7,10-22H2,1-2H3,(H,26,27). The summed E-state index contributed by atoms with van der Waals surface area (Å²) in [4.78, 5) is 12.5. The van der Waals surface area contributed by atoms with Gasteiger partial charge in [0.2, 0.25) is 0 Å². The minimum Gasteiger partial charge on any atom is -0.385 e. The lowest BCUT2D eigenvalue weighted by Gasteiger charge is -2.35. The molecule has 7 nitrogen and oxygen atoms in total. The maximum Gasteiger partial charge on any atom is 0.193 e. The molecule has 7 heteroatoms. The molecular formula is C25H43N5O2. The second-order valence-corrected chi connectivity index (χ2v) is 8.74. The number of hydrogen-bond donors (Lipinski definition) is 1. The van der Waals surface area contributed by atoms with E-state index >= 15 is 0 Å². The number of methoxy groups -OCH3 is 1. The van der Waals surface area contributed by atoms with Crippen LogP contribution in [0.25, 0.3) is 0 Å². The van der Waals surface area contributed by atoms with Crippen molar-refractivity contribution in [2.45, 2.75) is 38.8 Å². The number of piperidine rings is 1. The van der Waals surface area contributed by atoms with E-state index in [1.54, 1.807) is 7.11 Å². The van der Waals surface area contributed by atoms with Gasteiger partial charge in [0, 0.05) is 79.2 Å². The Balaban J connectivity index is 1.35. The molecule has 2 heterocycles. The summed E-state index contributed by atoms with van der Waals surface area (Å²) in [5.74, 6) is 1.06. The van der Waals surface area contributed by atoms with Crippen LogP contribution in [-0.4, -0.2) is 106 Å². The van der Waals surface area contributed by atoms with Gasteiger partial charge in [-0.1, -0.05) is 30.3 Å². The van der Waals surface area contributed by atoms with Crippen LogP contribution < -0.4 is 5.32 Å². The number of rotatable bonds is 11. The van der Waals surface area contributed by atoms with Crippen molar-refractivity contribution >= 4 is 5.96 Å². The third kappa shape index (κ3) is 8.70. The van der Waals surface area contributed by atoms with Gasteiger partial charge < -0.3 is 19.7 Å². The maximum atomic E-state index is 6.00. The van der Waals surface area contributed by atoms with E-state index in [-0.39, 0.29) is 0 Å². The van der Waals surface area contributed by atoms with Crippen LogP contribution in [0.4, 0.5) is 0 Å². The van der Waals surface area contributed by atoms with Crippen LogP contribution in [-0.2, 0) is 16.0 Å². The molecule has 0 saturated carbocycles. The summed E-state index contributed by atoms with van der Waals surface area (Å²) in [7, 11) is 1.74. The number of aliphatic imine (C=N–C) groups is 1. The number of guanidine groups is 1. The molecule has 1 aromatic rings. The third-order valence-corrected chi connectivity index (χ3v) is 6.31. The molecule has 32 heavy (non-hydrogen) atoms. The first-order valence-electron chi connectivity index (χ1n) is 12.4. The molecule has 0 radical (unpaired) electrons. The Labute approximate surface area is 194 Å². The van der Waals surface area contributed by atoms with Crippen molar-refractivity contribution in [3.63, 3.8) is 0 Å². The van der Waals surface area contributed by atoms with Crippen LogP contribution in [0.15, 0.2) is 35.3 Å². The van der Waals surface area contributed by atoms with Crippen LogP contribution in [0.5, 0.6) is 0 Å². The summed E-state index contributed by atoms with van der Waals surface area (Å²) in [5, 5.41) is 3.49. The minimum atomic E-state index is 0.373. The summed E-state index contributed by atoms with van der Waals surface area (Å²) in [6.07, 6.45) is 3.49. The molecule has 2 fully saturated rings. The first-order chi connectivity index (χ1) is 15.8. The topological polar surface area (TPSA) is 52.6 Å². The molecule has 3 rings (SSSR count).